The van der Waals surface area contributed by atoms with Gasteiger partial charge in [-0.1, -0.05) is 6.92 Å². The van der Waals surface area contributed by atoms with Crippen molar-refractivity contribution in [2.75, 3.05) is 19.8 Å². The van der Waals surface area contributed by atoms with Gasteiger partial charge in [-0.05, 0) is 13.3 Å². The van der Waals surface area contributed by atoms with E-state index in [4.69, 9.17) is 23.7 Å². The molecular weight excluding hydrogens is 504 g/mol. The second-order valence-corrected chi connectivity index (χ2v) is 9.73. The molecule has 3 rings (SSSR count). The average molecular weight is 543 g/mol. The molecule has 0 saturated carbocycles. The molecule has 0 radical (unpaired) electrons. The van der Waals surface area contributed by atoms with Crippen LogP contribution in [0.15, 0.2) is 0 Å². The van der Waals surface area contributed by atoms with Gasteiger partial charge in [0, 0.05) is 17.8 Å². The monoisotopic (exact) mass is 542 g/mol. The van der Waals surface area contributed by atoms with Gasteiger partial charge in [-0.15, -0.1) is 0 Å². The number of hydrogen-bond acceptors (Lipinski definition) is 14. The van der Waals surface area contributed by atoms with Gasteiger partial charge in [-0.2, -0.15) is 0 Å². The van der Waals surface area contributed by atoms with E-state index in [1.165, 1.54) is 6.92 Å². The van der Waals surface area contributed by atoms with Gasteiger partial charge in [0.1, 0.15) is 30.5 Å². The van der Waals surface area contributed by atoms with Crippen LogP contribution < -0.4 is 0 Å². The molecule has 9 N–H and O–H groups in total. The van der Waals surface area contributed by atoms with E-state index < -0.39 is 111 Å². The van der Waals surface area contributed by atoms with Crippen molar-refractivity contribution in [1.29, 1.82) is 0 Å². The number of carboxylic acids is 1. The van der Waals surface area contributed by atoms with E-state index in [-0.39, 0.29) is 13.0 Å². The van der Waals surface area contributed by atoms with Crippen molar-refractivity contribution < 1.29 is 74.4 Å². The minimum atomic E-state index is -1.66. The van der Waals surface area contributed by atoms with Crippen LogP contribution in [0.5, 0.6) is 0 Å². The van der Waals surface area contributed by atoms with Crippen LogP contribution in [0.1, 0.15) is 20.3 Å². The summed E-state index contributed by atoms with van der Waals surface area (Å²) < 4.78 is 27.1. The normalized spacial score (nSPS) is 49.1. The summed E-state index contributed by atoms with van der Waals surface area (Å²) in [4.78, 5) is 11.5. The highest BCUT2D eigenvalue weighted by Gasteiger charge is 2.50. The predicted molar refractivity (Wildman–Crippen MR) is 117 cm³/mol. The Kier molecular flexibility index (Phi) is 10.6. The third-order valence-corrected chi connectivity index (χ3v) is 7.41. The maximum atomic E-state index is 11.5. The topological polar surface area (TPSA) is 245 Å². The van der Waals surface area contributed by atoms with E-state index in [0.29, 0.717) is 0 Å². The Bertz CT molecular complexity index is 741. The van der Waals surface area contributed by atoms with Crippen LogP contribution in [0.25, 0.3) is 0 Å². The fraction of sp³-hybridized carbons (Fsp3) is 0.955. The van der Waals surface area contributed by atoms with Gasteiger partial charge in [0.2, 0.25) is 0 Å². The van der Waals surface area contributed by atoms with Gasteiger partial charge in [-0.3, -0.25) is 0 Å². The quantitative estimate of drug-likeness (QED) is 0.134. The Morgan fingerprint density at radius 2 is 1.32 bits per heavy atom. The lowest BCUT2D eigenvalue weighted by Gasteiger charge is -2.45. The van der Waals surface area contributed by atoms with E-state index in [9.17, 15) is 50.8 Å². The summed E-state index contributed by atoms with van der Waals surface area (Å²) in [6.45, 7) is 1.65. The summed E-state index contributed by atoms with van der Waals surface area (Å²) in [5.74, 6) is -4.38. The van der Waals surface area contributed by atoms with Crippen molar-refractivity contribution in [3.05, 3.63) is 0 Å². The van der Waals surface area contributed by atoms with Crippen LogP contribution >= 0.6 is 0 Å². The number of carbonyl (C=O) groups is 1. The first-order chi connectivity index (χ1) is 17.4. The van der Waals surface area contributed by atoms with Gasteiger partial charge in [-0.25, -0.2) is 4.79 Å². The molecule has 3 saturated heterocycles. The molecule has 15 atom stereocenters. The van der Waals surface area contributed by atoms with Gasteiger partial charge < -0.3 is 69.6 Å². The molecule has 216 valence electrons. The Morgan fingerprint density at radius 3 is 1.89 bits per heavy atom. The number of carboxylic acid groups (broad SMARTS) is 1. The van der Waals surface area contributed by atoms with Crippen molar-refractivity contribution in [2.45, 2.75) is 94.1 Å². The van der Waals surface area contributed by atoms with Crippen molar-refractivity contribution in [1.82, 2.24) is 0 Å². The highest BCUT2D eigenvalue weighted by molar-refractivity contribution is 5.73. The number of rotatable bonds is 9. The highest BCUT2D eigenvalue weighted by atomic mass is 16.7. The third-order valence-electron chi connectivity index (χ3n) is 7.41. The summed E-state index contributed by atoms with van der Waals surface area (Å²) in [5.41, 5.74) is 0. The molecule has 15 heteroatoms. The molecule has 3 aliphatic heterocycles. The van der Waals surface area contributed by atoms with Gasteiger partial charge in [0.25, 0.3) is 0 Å². The third kappa shape index (κ3) is 6.41. The molecule has 3 fully saturated rings. The number of hydrogen-bond donors (Lipinski definition) is 9. The summed E-state index contributed by atoms with van der Waals surface area (Å²) in [5, 5.41) is 91.1. The van der Waals surface area contributed by atoms with Crippen molar-refractivity contribution in [3.63, 3.8) is 0 Å². The molecule has 15 nitrogen and oxygen atoms in total. The Balaban J connectivity index is 1.72. The van der Waals surface area contributed by atoms with Crippen molar-refractivity contribution >= 4 is 5.97 Å². The second-order valence-electron chi connectivity index (χ2n) is 9.73. The first-order valence-corrected chi connectivity index (χ1v) is 12.2. The first kappa shape index (κ1) is 30.5. The maximum absolute atomic E-state index is 11.5. The molecule has 0 bridgehead atoms. The lowest BCUT2D eigenvalue weighted by molar-refractivity contribution is -0.321. The molecule has 3 aliphatic rings. The van der Waals surface area contributed by atoms with E-state index >= 15 is 0 Å². The zero-order valence-corrected chi connectivity index (χ0v) is 20.5. The van der Waals surface area contributed by atoms with Gasteiger partial charge in [0.05, 0.1) is 38.1 Å². The standard InChI is InChI=1S/C22H38O15/c1-3-8-14(26)18(19(30)31)37-21(15(8)27)34-6-10-9(13(25)11(4-23)36-20(10)32)5-33-22-17(29)16(28)12(24)7(2)35-22/h7-18,20-29,32H,3-6H2,1-2H3,(H,30,31)/t7?,8?,9?,10?,11?,12-,13+,14+,15?,16?,17?,18?,20-,21-,22-/m1/s1. The SMILES string of the molecule is CCC1C(O)[C@H](OCC2C(CO[C@@H]3OC(C)[C@@H](O)C(O)C3O)[C@H](O)C(CO)O[C@H]2O)OC(C(=O)O)[C@H]1O. The number of aliphatic carboxylic acids is 1. The largest absolute Gasteiger partial charge is 0.479 e. The molecule has 3 heterocycles. The molecule has 0 aromatic carbocycles. The van der Waals surface area contributed by atoms with E-state index in [2.05, 4.69) is 0 Å². The molecule has 0 amide bonds. The minimum absolute atomic E-state index is 0.223. The zero-order chi connectivity index (χ0) is 27.6. The summed E-state index contributed by atoms with van der Waals surface area (Å²) >= 11 is 0. The highest BCUT2D eigenvalue weighted by Crippen LogP contribution is 2.35. The Morgan fingerprint density at radius 1 is 0.730 bits per heavy atom. The Hall–Kier alpha value is -1.05. The lowest BCUT2D eigenvalue weighted by atomic mass is 9.82. The number of aliphatic hydroxyl groups is 8. The molecular formula is C22H38O15. The number of ether oxygens (including phenoxy) is 5. The summed E-state index contributed by atoms with van der Waals surface area (Å²) in [6, 6.07) is 0. The molecule has 37 heavy (non-hydrogen) atoms. The minimum Gasteiger partial charge on any atom is -0.479 e. The first-order valence-electron chi connectivity index (χ1n) is 12.2. The van der Waals surface area contributed by atoms with Crippen LogP contribution in [0.3, 0.4) is 0 Å². The van der Waals surface area contributed by atoms with Crippen LogP contribution in [-0.4, -0.2) is 146 Å². The molecule has 0 spiro atoms. The fourth-order valence-electron chi connectivity index (χ4n) is 5.00. The average Bonchev–Trinajstić information content (AvgIpc) is 2.86. The smallest absolute Gasteiger partial charge is 0.335 e. The maximum Gasteiger partial charge on any atom is 0.335 e. The van der Waals surface area contributed by atoms with E-state index in [1.807, 2.05) is 0 Å². The summed E-state index contributed by atoms with van der Waals surface area (Å²) in [6.07, 6.45) is -16.8. The van der Waals surface area contributed by atoms with Crippen molar-refractivity contribution in [2.24, 2.45) is 17.8 Å². The molecule has 9 unspecified atom stereocenters. The van der Waals surface area contributed by atoms with Crippen molar-refractivity contribution in [3.8, 4) is 0 Å². The zero-order valence-electron chi connectivity index (χ0n) is 20.5. The lowest BCUT2D eigenvalue weighted by Crippen LogP contribution is -2.60. The second kappa shape index (κ2) is 12.9. The Labute approximate surface area is 212 Å². The predicted octanol–water partition coefficient (Wildman–Crippen LogP) is -4.29. The fourth-order valence-corrected chi connectivity index (χ4v) is 5.00. The summed E-state index contributed by atoms with van der Waals surface area (Å²) in [7, 11) is 0. The molecule has 0 aromatic heterocycles. The molecule has 0 aliphatic carbocycles. The van der Waals surface area contributed by atoms with Gasteiger partial charge in [0.15, 0.2) is 25.0 Å². The van der Waals surface area contributed by atoms with E-state index in [1.54, 1.807) is 6.92 Å². The van der Waals surface area contributed by atoms with Crippen LogP contribution in [0.4, 0.5) is 0 Å². The molecule has 0 aromatic rings. The number of aliphatic hydroxyl groups excluding tert-OH is 8. The van der Waals surface area contributed by atoms with Gasteiger partial charge >= 0.3 is 5.97 Å². The van der Waals surface area contributed by atoms with Crippen LogP contribution in [-0.2, 0) is 28.5 Å². The van der Waals surface area contributed by atoms with Crippen LogP contribution in [0, 0.1) is 17.8 Å². The van der Waals surface area contributed by atoms with E-state index in [0.717, 1.165) is 0 Å². The van der Waals surface area contributed by atoms with Crippen LogP contribution in [0.2, 0.25) is 0 Å².